The predicted octanol–water partition coefficient (Wildman–Crippen LogP) is 3.29. The normalized spacial score (nSPS) is 15.9. The summed E-state index contributed by atoms with van der Waals surface area (Å²) in [5.41, 5.74) is 2.16. The van der Waals surface area contributed by atoms with E-state index in [1.165, 1.54) is 4.31 Å². The minimum Gasteiger partial charge on any atom is -0.494 e. The average molecular weight is 403 g/mol. The van der Waals surface area contributed by atoms with Crippen molar-refractivity contribution in [3.05, 3.63) is 59.7 Å². The highest BCUT2D eigenvalue weighted by Crippen LogP contribution is 2.24. The summed E-state index contributed by atoms with van der Waals surface area (Å²) >= 11 is 0. The first kappa shape index (κ1) is 20.2. The lowest BCUT2D eigenvalue weighted by Gasteiger charge is -2.28. The van der Waals surface area contributed by atoms with Gasteiger partial charge in [0.1, 0.15) is 5.75 Å². The lowest BCUT2D eigenvalue weighted by atomic mass is 10.1. The van der Waals surface area contributed by atoms with E-state index in [1.807, 2.05) is 31.2 Å². The number of ether oxygens (including phenoxy) is 1. The Morgan fingerprint density at radius 1 is 1.07 bits per heavy atom. The molecule has 3 rings (SSSR count). The Kier molecular flexibility index (Phi) is 6.24. The van der Waals surface area contributed by atoms with Gasteiger partial charge in [-0.2, -0.15) is 0 Å². The quantitative estimate of drug-likeness (QED) is 0.744. The molecule has 1 amide bonds. The zero-order chi connectivity index (χ0) is 20.1. The maximum atomic E-state index is 12.7. The molecule has 0 atom stereocenters. The molecule has 0 bridgehead atoms. The van der Waals surface area contributed by atoms with Crippen molar-refractivity contribution >= 4 is 21.6 Å². The number of anilines is 1. The van der Waals surface area contributed by atoms with Crippen molar-refractivity contribution in [2.45, 2.75) is 26.3 Å². The second-order valence-electron chi connectivity index (χ2n) is 6.88. The highest BCUT2D eigenvalue weighted by atomic mass is 32.2. The summed E-state index contributed by atoms with van der Waals surface area (Å²) in [6, 6.07) is 14.5. The number of benzene rings is 2. The van der Waals surface area contributed by atoms with Crippen LogP contribution in [0.1, 0.15) is 35.7 Å². The molecule has 6 nitrogen and oxygen atoms in total. The molecule has 1 aliphatic heterocycles. The largest absolute Gasteiger partial charge is 0.494 e. The van der Waals surface area contributed by atoms with Crippen molar-refractivity contribution in [2.75, 3.05) is 30.3 Å². The minimum atomic E-state index is -3.25. The summed E-state index contributed by atoms with van der Waals surface area (Å²) < 4.78 is 31.3. The van der Waals surface area contributed by atoms with Gasteiger partial charge in [-0.1, -0.05) is 12.1 Å². The molecule has 0 aliphatic carbocycles. The maximum Gasteiger partial charge on any atom is 0.253 e. The van der Waals surface area contributed by atoms with E-state index in [0.717, 1.165) is 17.7 Å². The molecule has 0 unspecified atom stereocenters. The standard InChI is InChI=1S/C21H26N2O4S/c1-3-27-20-12-6-17(7-13-20)16-22(2)21(24)18-8-10-19(11-9-18)23-14-4-5-15-28(23,25)26/h6-13H,3-5,14-16H2,1-2H3. The van der Waals surface area contributed by atoms with Crippen LogP contribution in [-0.4, -0.2) is 45.2 Å². The van der Waals surface area contributed by atoms with Gasteiger partial charge in [0.05, 0.1) is 18.0 Å². The molecule has 0 aromatic heterocycles. The lowest BCUT2D eigenvalue weighted by molar-refractivity contribution is 0.0785. The third-order valence-corrected chi connectivity index (χ3v) is 6.62. The van der Waals surface area contributed by atoms with E-state index in [-0.39, 0.29) is 11.7 Å². The molecular formula is C21H26N2O4S. The zero-order valence-electron chi connectivity index (χ0n) is 16.3. The van der Waals surface area contributed by atoms with E-state index in [1.54, 1.807) is 36.2 Å². The van der Waals surface area contributed by atoms with Crippen LogP contribution in [0, 0.1) is 0 Å². The SMILES string of the molecule is CCOc1ccc(CN(C)C(=O)c2ccc(N3CCCCS3(=O)=O)cc2)cc1. The van der Waals surface area contributed by atoms with Gasteiger partial charge >= 0.3 is 0 Å². The molecule has 150 valence electrons. The third kappa shape index (κ3) is 4.65. The molecule has 1 fully saturated rings. The Hall–Kier alpha value is -2.54. The number of carbonyl (C=O) groups excluding carboxylic acids is 1. The predicted molar refractivity (Wildman–Crippen MR) is 110 cm³/mol. The molecule has 7 heteroatoms. The third-order valence-electron chi connectivity index (χ3n) is 4.75. The van der Waals surface area contributed by atoms with Crippen molar-refractivity contribution in [3.63, 3.8) is 0 Å². The fourth-order valence-electron chi connectivity index (χ4n) is 3.27. The molecule has 1 saturated heterocycles. The van der Waals surface area contributed by atoms with Crippen LogP contribution in [0.4, 0.5) is 5.69 Å². The summed E-state index contributed by atoms with van der Waals surface area (Å²) in [4.78, 5) is 14.3. The number of nitrogens with zero attached hydrogens (tertiary/aromatic N) is 2. The highest BCUT2D eigenvalue weighted by Gasteiger charge is 2.26. The van der Waals surface area contributed by atoms with Crippen molar-refractivity contribution in [2.24, 2.45) is 0 Å². The topological polar surface area (TPSA) is 66.9 Å². The maximum absolute atomic E-state index is 12.7. The minimum absolute atomic E-state index is 0.109. The van der Waals surface area contributed by atoms with E-state index in [9.17, 15) is 13.2 Å². The number of hydrogen-bond acceptors (Lipinski definition) is 4. The van der Waals surface area contributed by atoms with Gasteiger partial charge < -0.3 is 9.64 Å². The van der Waals surface area contributed by atoms with Gasteiger partial charge in [-0.25, -0.2) is 8.42 Å². The molecule has 2 aromatic carbocycles. The van der Waals surface area contributed by atoms with Gasteiger partial charge in [0.2, 0.25) is 10.0 Å². The fourth-order valence-corrected chi connectivity index (χ4v) is 4.91. The first-order valence-electron chi connectivity index (χ1n) is 9.48. The molecule has 0 saturated carbocycles. The van der Waals surface area contributed by atoms with Crippen molar-refractivity contribution < 1.29 is 17.9 Å². The van der Waals surface area contributed by atoms with Gasteiger partial charge in [0.25, 0.3) is 5.91 Å². The van der Waals surface area contributed by atoms with Crippen molar-refractivity contribution in [3.8, 4) is 5.75 Å². The number of sulfonamides is 1. The van der Waals surface area contributed by atoms with Crippen LogP contribution < -0.4 is 9.04 Å². The van der Waals surface area contributed by atoms with Crippen LogP contribution in [-0.2, 0) is 16.6 Å². The summed E-state index contributed by atoms with van der Waals surface area (Å²) in [6.45, 7) is 3.53. The molecule has 0 radical (unpaired) electrons. The summed E-state index contributed by atoms with van der Waals surface area (Å²) in [5.74, 6) is 0.879. The first-order chi connectivity index (χ1) is 13.4. The smallest absolute Gasteiger partial charge is 0.253 e. The average Bonchev–Trinajstić information content (AvgIpc) is 2.69. The van der Waals surface area contributed by atoms with Crippen LogP contribution in [0.25, 0.3) is 0 Å². The van der Waals surface area contributed by atoms with E-state index in [0.29, 0.717) is 37.4 Å². The number of carbonyl (C=O) groups is 1. The molecule has 1 heterocycles. The van der Waals surface area contributed by atoms with E-state index >= 15 is 0 Å². The Labute approximate surface area is 166 Å². The highest BCUT2D eigenvalue weighted by molar-refractivity contribution is 7.92. The Morgan fingerprint density at radius 2 is 1.75 bits per heavy atom. The van der Waals surface area contributed by atoms with Gasteiger partial charge in [0, 0.05) is 25.7 Å². The van der Waals surface area contributed by atoms with E-state index in [4.69, 9.17) is 4.74 Å². The van der Waals surface area contributed by atoms with E-state index < -0.39 is 10.0 Å². The van der Waals surface area contributed by atoms with Crippen LogP contribution >= 0.6 is 0 Å². The van der Waals surface area contributed by atoms with Crippen LogP contribution in [0.15, 0.2) is 48.5 Å². The molecule has 0 spiro atoms. The van der Waals surface area contributed by atoms with Crippen molar-refractivity contribution in [1.82, 2.24) is 4.90 Å². The number of hydrogen-bond donors (Lipinski definition) is 0. The second-order valence-corrected chi connectivity index (χ2v) is 8.89. The van der Waals surface area contributed by atoms with Crippen LogP contribution in [0.5, 0.6) is 5.75 Å². The van der Waals surface area contributed by atoms with Gasteiger partial charge in [-0.3, -0.25) is 9.10 Å². The Morgan fingerprint density at radius 3 is 2.36 bits per heavy atom. The molecule has 0 N–H and O–H groups in total. The Balaban J connectivity index is 1.66. The van der Waals surface area contributed by atoms with Crippen LogP contribution in [0.2, 0.25) is 0 Å². The van der Waals surface area contributed by atoms with E-state index in [2.05, 4.69) is 0 Å². The fraction of sp³-hybridized carbons (Fsp3) is 0.381. The summed E-state index contributed by atoms with van der Waals surface area (Å²) in [7, 11) is -1.49. The number of amides is 1. The lowest BCUT2D eigenvalue weighted by Crippen LogP contribution is -2.37. The molecule has 2 aromatic rings. The monoisotopic (exact) mass is 402 g/mol. The van der Waals surface area contributed by atoms with Gasteiger partial charge in [-0.15, -0.1) is 0 Å². The Bertz CT molecular complexity index is 908. The van der Waals surface area contributed by atoms with Gasteiger partial charge in [-0.05, 0) is 61.7 Å². The molecule has 1 aliphatic rings. The second kappa shape index (κ2) is 8.65. The molecular weight excluding hydrogens is 376 g/mol. The first-order valence-corrected chi connectivity index (χ1v) is 11.1. The van der Waals surface area contributed by atoms with Gasteiger partial charge in [0.15, 0.2) is 0 Å². The summed E-state index contributed by atoms with van der Waals surface area (Å²) in [6.07, 6.45) is 1.55. The summed E-state index contributed by atoms with van der Waals surface area (Å²) in [5, 5.41) is 0. The van der Waals surface area contributed by atoms with Crippen LogP contribution in [0.3, 0.4) is 0 Å². The zero-order valence-corrected chi connectivity index (χ0v) is 17.1. The number of rotatable bonds is 6. The molecule has 28 heavy (non-hydrogen) atoms. The van der Waals surface area contributed by atoms with Crippen molar-refractivity contribution in [1.29, 1.82) is 0 Å².